The summed E-state index contributed by atoms with van der Waals surface area (Å²) in [7, 11) is 0.616. The van der Waals surface area contributed by atoms with Gasteiger partial charge in [-0.15, -0.1) is 0 Å². The normalized spacial score (nSPS) is 11.9. The lowest BCUT2D eigenvalue weighted by molar-refractivity contribution is -0.872. The molecule has 0 bridgehead atoms. The Hall–Kier alpha value is -2.48. The first kappa shape index (κ1) is 22.8. The van der Waals surface area contributed by atoms with Gasteiger partial charge in [0, 0.05) is 30.5 Å². The summed E-state index contributed by atoms with van der Waals surface area (Å²) in [6.45, 7) is 3.40. The number of quaternary nitrogens is 1. The molecule has 0 aliphatic rings. The molecule has 3 N–H and O–H groups in total. The van der Waals surface area contributed by atoms with Gasteiger partial charge in [0.25, 0.3) is 0 Å². The van der Waals surface area contributed by atoms with E-state index < -0.39 is 10.0 Å². The van der Waals surface area contributed by atoms with Gasteiger partial charge in [-0.05, 0) is 24.1 Å². The second-order valence-electron chi connectivity index (χ2n) is 7.38. The van der Waals surface area contributed by atoms with Gasteiger partial charge in [0.05, 0.1) is 14.1 Å². The lowest BCUT2D eigenvalue weighted by Gasteiger charge is -2.09. The van der Waals surface area contributed by atoms with E-state index in [4.69, 9.17) is 0 Å². The van der Waals surface area contributed by atoms with Crippen molar-refractivity contribution in [2.75, 3.05) is 20.6 Å². The molecule has 2 aromatic carbocycles. The Morgan fingerprint density at radius 2 is 1.62 bits per heavy atom. The van der Waals surface area contributed by atoms with Crippen molar-refractivity contribution in [3.05, 3.63) is 76.2 Å². The van der Waals surface area contributed by atoms with Crippen molar-refractivity contribution < 1.29 is 18.1 Å². The van der Waals surface area contributed by atoms with Crippen molar-refractivity contribution in [2.24, 2.45) is 0 Å². The molecule has 0 fully saturated rings. The highest BCUT2D eigenvalue weighted by atomic mass is 32.2. The summed E-state index contributed by atoms with van der Waals surface area (Å²) in [5.74, 6) is -0.197. The molecule has 1 amide bonds. The summed E-state index contributed by atoms with van der Waals surface area (Å²) in [5, 5.41) is 3.93. The number of aryl methyl sites for hydroxylation is 1. The molecule has 0 aliphatic carbocycles. The largest absolute Gasteiger partial charge is 0.352 e. The molecule has 0 heterocycles. The monoisotopic (exact) mass is 416 g/mol. The SMILES string of the molecule is Cc1ccc(/C=C/S(=O)(=O)NCCC(=O)NCc2ccc(C[NH+](C)C)cc2)cc1. The third kappa shape index (κ3) is 9.04. The fourth-order valence-corrected chi connectivity index (χ4v) is 3.49. The van der Waals surface area contributed by atoms with Crippen LogP contribution in [-0.4, -0.2) is 35.0 Å². The molecule has 0 aliphatic heterocycles. The maximum absolute atomic E-state index is 12.0. The second kappa shape index (κ2) is 10.9. The van der Waals surface area contributed by atoms with Gasteiger partial charge in [0.2, 0.25) is 15.9 Å². The Labute approximate surface area is 173 Å². The molecule has 0 radical (unpaired) electrons. The highest BCUT2D eigenvalue weighted by Crippen LogP contribution is 2.06. The van der Waals surface area contributed by atoms with E-state index in [-0.39, 0.29) is 18.9 Å². The molecular weight excluding hydrogens is 386 g/mol. The summed E-state index contributed by atoms with van der Waals surface area (Å²) in [6.07, 6.45) is 1.61. The van der Waals surface area contributed by atoms with E-state index in [0.717, 1.165) is 28.6 Å². The van der Waals surface area contributed by atoms with Crippen molar-refractivity contribution in [1.29, 1.82) is 0 Å². The highest BCUT2D eigenvalue weighted by molar-refractivity contribution is 7.92. The molecular formula is C22H30N3O3S+. The number of amides is 1. The predicted molar refractivity (Wildman–Crippen MR) is 117 cm³/mol. The van der Waals surface area contributed by atoms with E-state index >= 15 is 0 Å². The van der Waals surface area contributed by atoms with Crippen molar-refractivity contribution in [2.45, 2.75) is 26.4 Å². The number of benzene rings is 2. The third-order valence-corrected chi connectivity index (χ3v) is 5.34. The van der Waals surface area contributed by atoms with Crippen molar-refractivity contribution in [1.82, 2.24) is 10.0 Å². The Balaban J connectivity index is 1.72. The van der Waals surface area contributed by atoms with Gasteiger partial charge in [0.1, 0.15) is 6.54 Å². The van der Waals surface area contributed by atoms with Crippen LogP contribution in [0.3, 0.4) is 0 Å². The number of hydrogen-bond donors (Lipinski definition) is 3. The molecule has 6 nitrogen and oxygen atoms in total. The van der Waals surface area contributed by atoms with Crippen molar-refractivity contribution >= 4 is 22.0 Å². The number of rotatable bonds is 10. The standard InChI is InChI=1S/C22H29N3O3S/c1-18-4-6-19(7-5-18)13-15-29(27,28)24-14-12-22(26)23-16-20-8-10-21(11-9-20)17-25(2)3/h4-11,13,15,24H,12,14,16-17H2,1-3H3,(H,23,26)/p+1/b15-13+. The van der Waals surface area contributed by atoms with Crippen LogP contribution < -0.4 is 14.9 Å². The van der Waals surface area contributed by atoms with E-state index in [2.05, 4.69) is 36.3 Å². The van der Waals surface area contributed by atoms with Crippen LogP contribution in [0.25, 0.3) is 6.08 Å². The van der Waals surface area contributed by atoms with E-state index in [1.165, 1.54) is 16.5 Å². The summed E-state index contributed by atoms with van der Waals surface area (Å²) < 4.78 is 26.4. The van der Waals surface area contributed by atoms with Crippen LogP contribution >= 0.6 is 0 Å². The van der Waals surface area contributed by atoms with E-state index in [1.807, 2.05) is 43.3 Å². The molecule has 0 aromatic heterocycles. The van der Waals surface area contributed by atoms with Gasteiger partial charge < -0.3 is 10.2 Å². The lowest BCUT2D eigenvalue weighted by atomic mass is 10.1. The Morgan fingerprint density at radius 3 is 2.24 bits per heavy atom. The van der Waals surface area contributed by atoms with Crippen LogP contribution in [0, 0.1) is 6.92 Å². The zero-order chi connectivity index (χ0) is 21.3. The summed E-state index contributed by atoms with van der Waals surface area (Å²) in [4.78, 5) is 13.3. The lowest BCUT2D eigenvalue weighted by Crippen LogP contribution is -3.04. The highest BCUT2D eigenvalue weighted by Gasteiger charge is 2.07. The second-order valence-corrected chi connectivity index (χ2v) is 9.03. The van der Waals surface area contributed by atoms with E-state index in [0.29, 0.717) is 6.54 Å². The van der Waals surface area contributed by atoms with Crippen LogP contribution in [0.15, 0.2) is 53.9 Å². The molecule has 0 saturated carbocycles. The molecule has 7 heteroatoms. The van der Waals surface area contributed by atoms with Gasteiger partial charge in [-0.25, -0.2) is 13.1 Å². The van der Waals surface area contributed by atoms with Crippen molar-refractivity contribution in [3.8, 4) is 0 Å². The number of carbonyl (C=O) groups excluding carboxylic acids is 1. The van der Waals surface area contributed by atoms with Crippen LogP contribution in [-0.2, 0) is 27.9 Å². The van der Waals surface area contributed by atoms with Crippen LogP contribution in [0.4, 0.5) is 0 Å². The van der Waals surface area contributed by atoms with Crippen molar-refractivity contribution in [3.63, 3.8) is 0 Å². The quantitative estimate of drug-likeness (QED) is 0.545. The summed E-state index contributed by atoms with van der Waals surface area (Å²) >= 11 is 0. The van der Waals surface area contributed by atoms with Crippen LogP contribution in [0.1, 0.15) is 28.7 Å². The maximum atomic E-state index is 12.0. The fourth-order valence-electron chi connectivity index (χ4n) is 2.67. The topological polar surface area (TPSA) is 79.7 Å². The van der Waals surface area contributed by atoms with Gasteiger partial charge in [-0.1, -0.05) is 54.1 Å². The zero-order valence-electron chi connectivity index (χ0n) is 17.2. The Morgan fingerprint density at radius 1 is 1.00 bits per heavy atom. The minimum Gasteiger partial charge on any atom is -0.352 e. The van der Waals surface area contributed by atoms with Gasteiger partial charge in [-0.2, -0.15) is 0 Å². The first-order chi connectivity index (χ1) is 13.7. The molecule has 156 valence electrons. The first-order valence-corrected chi connectivity index (χ1v) is 11.2. The van der Waals surface area contributed by atoms with Gasteiger partial charge in [-0.3, -0.25) is 4.79 Å². The van der Waals surface area contributed by atoms with Gasteiger partial charge >= 0.3 is 0 Å². The first-order valence-electron chi connectivity index (χ1n) is 9.61. The predicted octanol–water partition coefficient (Wildman–Crippen LogP) is 1.24. The molecule has 0 spiro atoms. The molecule has 29 heavy (non-hydrogen) atoms. The Kier molecular flexibility index (Phi) is 8.57. The average Bonchev–Trinajstić information content (AvgIpc) is 2.66. The number of carbonyl (C=O) groups is 1. The zero-order valence-corrected chi connectivity index (χ0v) is 18.1. The van der Waals surface area contributed by atoms with E-state index in [9.17, 15) is 13.2 Å². The van der Waals surface area contributed by atoms with E-state index in [1.54, 1.807) is 0 Å². The average molecular weight is 417 g/mol. The fraction of sp³-hybridized carbons (Fsp3) is 0.318. The van der Waals surface area contributed by atoms with Crippen LogP contribution in [0.5, 0.6) is 0 Å². The summed E-state index contributed by atoms with van der Waals surface area (Å²) in [5.41, 5.74) is 4.17. The number of nitrogens with one attached hydrogen (secondary N) is 3. The minimum absolute atomic E-state index is 0.0525. The molecule has 2 aromatic rings. The Bertz CT molecular complexity index is 919. The maximum Gasteiger partial charge on any atom is 0.233 e. The molecule has 2 rings (SSSR count). The van der Waals surface area contributed by atoms with Gasteiger partial charge in [0.15, 0.2) is 0 Å². The summed E-state index contributed by atoms with van der Waals surface area (Å²) in [6, 6.07) is 15.6. The minimum atomic E-state index is -3.58. The smallest absolute Gasteiger partial charge is 0.233 e. The number of sulfonamides is 1. The third-order valence-electron chi connectivity index (χ3n) is 4.24. The number of hydrogen-bond acceptors (Lipinski definition) is 3. The molecule has 0 saturated heterocycles. The molecule has 0 atom stereocenters. The molecule has 0 unspecified atom stereocenters. The van der Waals surface area contributed by atoms with Crippen LogP contribution in [0.2, 0.25) is 0 Å².